The molecule has 0 aliphatic rings. The first-order valence-electron chi connectivity index (χ1n) is 5.65. The zero-order valence-corrected chi connectivity index (χ0v) is 10.9. The molecule has 0 saturated heterocycles. The SMILES string of the molecule is COC(=O)CN(C)Cc1ncnn1CC(C)C. The van der Waals surface area contributed by atoms with Crippen LogP contribution in [0.3, 0.4) is 0 Å². The molecule has 0 aliphatic heterocycles. The molecule has 0 fully saturated rings. The van der Waals surface area contributed by atoms with Crippen LogP contribution in [0.2, 0.25) is 0 Å². The first-order valence-corrected chi connectivity index (χ1v) is 5.65. The van der Waals surface area contributed by atoms with E-state index in [1.54, 1.807) is 6.33 Å². The van der Waals surface area contributed by atoms with Crippen LogP contribution in [0, 0.1) is 5.92 Å². The number of methoxy groups -OCH3 is 1. The van der Waals surface area contributed by atoms with Gasteiger partial charge in [-0.1, -0.05) is 13.8 Å². The minimum atomic E-state index is -0.248. The molecule has 0 unspecified atom stereocenters. The number of nitrogens with zero attached hydrogens (tertiary/aromatic N) is 4. The van der Waals surface area contributed by atoms with Crippen molar-refractivity contribution in [2.24, 2.45) is 5.92 Å². The van der Waals surface area contributed by atoms with Crippen LogP contribution >= 0.6 is 0 Å². The van der Waals surface area contributed by atoms with Gasteiger partial charge in [0, 0.05) is 6.54 Å². The number of carbonyl (C=O) groups is 1. The molecule has 1 rings (SSSR count). The number of hydrogen-bond acceptors (Lipinski definition) is 5. The van der Waals surface area contributed by atoms with Crippen molar-refractivity contribution in [3.63, 3.8) is 0 Å². The summed E-state index contributed by atoms with van der Waals surface area (Å²) in [5.74, 6) is 1.13. The molecule has 0 bridgehead atoms. The Kier molecular flexibility index (Phi) is 5.09. The summed E-state index contributed by atoms with van der Waals surface area (Å²) in [6, 6.07) is 0. The maximum atomic E-state index is 11.1. The lowest BCUT2D eigenvalue weighted by atomic mass is 10.2. The highest BCUT2D eigenvalue weighted by Gasteiger charge is 2.11. The van der Waals surface area contributed by atoms with Gasteiger partial charge < -0.3 is 4.74 Å². The maximum absolute atomic E-state index is 11.1. The number of aromatic nitrogens is 3. The molecule has 6 nitrogen and oxygen atoms in total. The fourth-order valence-corrected chi connectivity index (χ4v) is 1.49. The molecule has 96 valence electrons. The van der Waals surface area contributed by atoms with Crippen LogP contribution in [-0.4, -0.2) is 46.3 Å². The molecule has 0 spiro atoms. The predicted octanol–water partition coefficient (Wildman–Crippen LogP) is 0.539. The lowest BCUT2D eigenvalue weighted by molar-refractivity contribution is -0.141. The molecular weight excluding hydrogens is 220 g/mol. The number of rotatable bonds is 6. The number of carbonyl (C=O) groups excluding carboxylic acids is 1. The van der Waals surface area contributed by atoms with Crippen LogP contribution in [0.1, 0.15) is 19.7 Å². The van der Waals surface area contributed by atoms with Gasteiger partial charge in [0.15, 0.2) is 0 Å². The third-order valence-corrected chi connectivity index (χ3v) is 2.27. The first-order chi connectivity index (χ1) is 8.02. The van der Waals surface area contributed by atoms with E-state index in [0.717, 1.165) is 12.4 Å². The Balaban J connectivity index is 2.55. The molecule has 0 atom stereocenters. The number of hydrogen-bond donors (Lipinski definition) is 0. The fourth-order valence-electron chi connectivity index (χ4n) is 1.49. The normalized spacial score (nSPS) is 11.2. The molecule has 17 heavy (non-hydrogen) atoms. The Hall–Kier alpha value is -1.43. The van der Waals surface area contributed by atoms with E-state index in [1.807, 2.05) is 16.6 Å². The maximum Gasteiger partial charge on any atom is 0.319 e. The van der Waals surface area contributed by atoms with Crippen LogP contribution in [0.5, 0.6) is 0 Å². The molecule has 0 aromatic carbocycles. The van der Waals surface area contributed by atoms with Crippen LogP contribution in [0.15, 0.2) is 6.33 Å². The predicted molar refractivity (Wildman–Crippen MR) is 63.2 cm³/mol. The van der Waals surface area contributed by atoms with Gasteiger partial charge in [-0.05, 0) is 13.0 Å². The molecule has 6 heteroatoms. The summed E-state index contributed by atoms with van der Waals surface area (Å²) in [4.78, 5) is 17.2. The Morgan fingerprint density at radius 3 is 2.88 bits per heavy atom. The van der Waals surface area contributed by atoms with Crippen molar-refractivity contribution in [1.29, 1.82) is 0 Å². The Morgan fingerprint density at radius 2 is 2.29 bits per heavy atom. The standard InChI is InChI=1S/C11H20N4O2/c1-9(2)5-15-10(12-8-13-15)6-14(3)7-11(16)17-4/h8-9H,5-7H2,1-4H3. The summed E-state index contributed by atoms with van der Waals surface area (Å²) in [6.45, 7) is 5.93. The first kappa shape index (κ1) is 13.6. The third-order valence-electron chi connectivity index (χ3n) is 2.27. The summed E-state index contributed by atoms with van der Waals surface area (Å²) >= 11 is 0. The summed E-state index contributed by atoms with van der Waals surface area (Å²) in [7, 11) is 3.24. The van der Waals surface area contributed by atoms with Gasteiger partial charge in [-0.3, -0.25) is 9.69 Å². The monoisotopic (exact) mass is 240 g/mol. The summed E-state index contributed by atoms with van der Waals surface area (Å²) in [6.07, 6.45) is 1.55. The summed E-state index contributed by atoms with van der Waals surface area (Å²) in [5.41, 5.74) is 0. The van der Waals surface area contributed by atoms with E-state index in [9.17, 15) is 4.79 Å². The minimum absolute atomic E-state index is 0.248. The average Bonchev–Trinajstić information content (AvgIpc) is 2.64. The number of likely N-dealkylation sites (N-methyl/N-ethyl adjacent to an activating group) is 1. The van der Waals surface area contributed by atoms with Gasteiger partial charge in [0.05, 0.1) is 20.2 Å². The van der Waals surface area contributed by atoms with Gasteiger partial charge in [-0.15, -0.1) is 0 Å². The van der Waals surface area contributed by atoms with Crippen LogP contribution in [0.25, 0.3) is 0 Å². The van der Waals surface area contributed by atoms with Gasteiger partial charge in [0.2, 0.25) is 0 Å². The summed E-state index contributed by atoms with van der Waals surface area (Å²) < 4.78 is 6.48. The van der Waals surface area contributed by atoms with E-state index < -0.39 is 0 Å². The van der Waals surface area contributed by atoms with Crippen molar-refractivity contribution in [1.82, 2.24) is 19.7 Å². The molecule has 0 saturated carbocycles. The second-order valence-corrected chi connectivity index (χ2v) is 4.50. The minimum Gasteiger partial charge on any atom is -0.468 e. The Bertz CT molecular complexity index is 362. The highest BCUT2D eigenvalue weighted by atomic mass is 16.5. The van der Waals surface area contributed by atoms with Crippen LogP contribution < -0.4 is 0 Å². The van der Waals surface area contributed by atoms with Crippen LogP contribution in [0.4, 0.5) is 0 Å². The van der Waals surface area contributed by atoms with E-state index >= 15 is 0 Å². The molecular formula is C11H20N4O2. The number of ether oxygens (including phenoxy) is 1. The molecule has 0 amide bonds. The third kappa shape index (κ3) is 4.52. The molecule has 0 N–H and O–H groups in total. The van der Waals surface area contributed by atoms with Gasteiger partial charge >= 0.3 is 5.97 Å². The second kappa shape index (κ2) is 6.34. The smallest absolute Gasteiger partial charge is 0.319 e. The fraction of sp³-hybridized carbons (Fsp3) is 0.727. The topological polar surface area (TPSA) is 60.2 Å². The lowest BCUT2D eigenvalue weighted by Crippen LogP contribution is -2.28. The van der Waals surface area contributed by atoms with Crippen molar-refractivity contribution in [3.8, 4) is 0 Å². The van der Waals surface area contributed by atoms with Gasteiger partial charge in [0.25, 0.3) is 0 Å². The van der Waals surface area contributed by atoms with Crippen molar-refractivity contribution < 1.29 is 9.53 Å². The van der Waals surface area contributed by atoms with Crippen molar-refractivity contribution >= 4 is 5.97 Å². The van der Waals surface area contributed by atoms with Gasteiger partial charge in [0.1, 0.15) is 12.2 Å². The Morgan fingerprint density at radius 1 is 1.59 bits per heavy atom. The molecule has 1 aromatic heterocycles. The highest BCUT2D eigenvalue weighted by molar-refractivity contribution is 5.71. The van der Waals surface area contributed by atoms with Crippen molar-refractivity contribution in [3.05, 3.63) is 12.2 Å². The summed E-state index contributed by atoms with van der Waals surface area (Å²) in [5, 5.41) is 4.17. The second-order valence-electron chi connectivity index (χ2n) is 4.50. The molecule has 1 aromatic rings. The zero-order chi connectivity index (χ0) is 12.8. The number of esters is 1. The van der Waals surface area contributed by atoms with Crippen molar-refractivity contribution in [2.45, 2.75) is 26.9 Å². The largest absolute Gasteiger partial charge is 0.468 e. The van der Waals surface area contributed by atoms with Gasteiger partial charge in [-0.2, -0.15) is 5.10 Å². The average molecular weight is 240 g/mol. The molecule has 0 aliphatic carbocycles. The van der Waals surface area contributed by atoms with Gasteiger partial charge in [-0.25, -0.2) is 9.67 Å². The van der Waals surface area contributed by atoms with E-state index in [-0.39, 0.29) is 12.5 Å². The Labute approximate surface area is 102 Å². The molecule has 0 radical (unpaired) electrons. The quantitative estimate of drug-likeness (QED) is 0.679. The van der Waals surface area contributed by atoms with E-state index in [4.69, 9.17) is 0 Å². The van der Waals surface area contributed by atoms with Crippen LogP contribution in [-0.2, 0) is 22.6 Å². The lowest BCUT2D eigenvalue weighted by Gasteiger charge is -2.15. The molecule has 1 heterocycles. The van der Waals surface area contributed by atoms with Crippen molar-refractivity contribution in [2.75, 3.05) is 20.7 Å². The zero-order valence-electron chi connectivity index (χ0n) is 10.9. The van der Waals surface area contributed by atoms with E-state index in [0.29, 0.717) is 12.5 Å². The highest BCUT2D eigenvalue weighted by Crippen LogP contribution is 2.03. The van der Waals surface area contributed by atoms with E-state index in [1.165, 1.54) is 7.11 Å². The van der Waals surface area contributed by atoms with E-state index in [2.05, 4.69) is 28.7 Å².